The highest BCUT2D eigenvalue weighted by Gasteiger charge is 2.11. The number of methoxy groups -OCH3 is 1. The maximum absolute atomic E-state index is 9.76. The third-order valence-electron chi connectivity index (χ3n) is 2.59. The second kappa shape index (κ2) is 3.74. The number of phenols is 1. The molecule has 1 N–H and O–H groups in total. The summed E-state index contributed by atoms with van der Waals surface area (Å²) >= 11 is 0. The molecule has 74 valence electrons. The molecule has 0 radical (unpaired) electrons. The highest BCUT2D eigenvalue weighted by atomic mass is 16.5. The van der Waals surface area contributed by atoms with Gasteiger partial charge in [0.25, 0.3) is 0 Å². The van der Waals surface area contributed by atoms with E-state index in [-0.39, 0.29) is 0 Å². The van der Waals surface area contributed by atoms with Gasteiger partial charge in [0.05, 0.1) is 7.11 Å². The van der Waals surface area contributed by atoms with E-state index in [4.69, 9.17) is 4.74 Å². The average molecular weight is 190 g/mol. The number of ether oxygens (including phenoxy) is 1. The lowest BCUT2D eigenvalue weighted by Gasteiger charge is -2.07. The summed E-state index contributed by atoms with van der Waals surface area (Å²) in [6.07, 6.45) is 5.59. The number of hydrogen-bond donors (Lipinski definition) is 1. The minimum absolute atomic E-state index is 0.317. The van der Waals surface area contributed by atoms with Crippen LogP contribution in [-0.2, 0) is 0 Å². The number of allylic oxidation sites excluding steroid dienone is 2. The van der Waals surface area contributed by atoms with Crippen molar-refractivity contribution in [3.05, 3.63) is 29.8 Å². The number of aromatic hydroxyl groups is 1. The first-order valence-corrected chi connectivity index (χ1v) is 4.87. The molecule has 0 aliphatic heterocycles. The Morgan fingerprint density at radius 3 is 2.79 bits per heavy atom. The number of benzene rings is 1. The Morgan fingerprint density at radius 1 is 1.36 bits per heavy atom. The van der Waals surface area contributed by atoms with E-state index in [2.05, 4.69) is 6.08 Å². The van der Waals surface area contributed by atoms with Gasteiger partial charge < -0.3 is 9.84 Å². The molecule has 1 aliphatic rings. The SMILES string of the molecule is COc1ccc(C2=CCCC2)c(O)c1. The van der Waals surface area contributed by atoms with Gasteiger partial charge in [0.15, 0.2) is 0 Å². The summed E-state index contributed by atoms with van der Waals surface area (Å²) < 4.78 is 5.03. The monoisotopic (exact) mass is 190 g/mol. The van der Waals surface area contributed by atoms with Gasteiger partial charge >= 0.3 is 0 Å². The Morgan fingerprint density at radius 2 is 2.21 bits per heavy atom. The van der Waals surface area contributed by atoms with E-state index < -0.39 is 0 Å². The summed E-state index contributed by atoms with van der Waals surface area (Å²) in [7, 11) is 1.60. The molecule has 0 fully saturated rings. The molecule has 0 saturated heterocycles. The molecule has 1 aromatic carbocycles. The zero-order valence-electron chi connectivity index (χ0n) is 8.29. The van der Waals surface area contributed by atoms with E-state index in [0.717, 1.165) is 18.4 Å². The Balaban J connectivity index is 2.34. The molecule has 2 heteroatoms. The number of phenolic OH excluding ortho intramolecular Hbond substituents is 1. The normalized spacial score (nSPS) is 15.4. The first kappa shape index (κ1) is 9.13. The molecule has 14 heavy (non-hydrogen) atoms. The van der Waals surface area contributed by atoms with Gasteiger partial charge in [0, 0.05) is 11.6 Å². The quantitative estimate of drug-likeness (QED) is 0.776. The predicted molar refractivity (Wildman–Crippen MR) is 56.5 cm³/mol. The molecule has 2 nitrogen and oxygen atoms in total. The van der Waals surface area contributed by atoms with Crippen molar-refractivity contribution in [1.29, 1.82) is 0 Å². The zero-order valence-corrected chi connectivity index (χ0v) is 8.29. The highest BCUT2D eigenvalue weighted by Crippen LogP contribution is 2.34. The third-order valence-corrected chi connectivity index (χ3v) is 2.59. The summed E-state index contributed by atoms with van der Waals surface area (Å²) in [4.78, 5) is 0. The Bertz CT molecular complexity index is 367. The summed E-state index contributed by atoms with van der Waals surface area (Å²) in [5, 5.41) is 9.76. The van der Waals surface area contributed by atoms with Gasteiger partial charge in [-0.25, -0.2) is 0 Å². The third kappa shape index (κ3) is 1.60. The van der Waals surface area contributed by atoms with Gasteiger partial charge in [-0.1, -0.05) is 6.08 Å². The van der Waals surface area contributed by atoms with Crippen LogP contribution in [0.5, 0.6) is 11.5 Å². The summed E-state index contributed by atoms with van der Waals surface area (Å²) in [6, 6.07) is 5.47. The maximum atomic E-state index is 9.76. The summed E-state index contributed by atoms with van der Waals surface area (Å²) in [5.74, 6) is 1.02. The van der Waals surface area contributed by atoms with Gasteiger partial charge in [0.2, 0.25) is 0 Å². The van der Waals surface area contributed by atoms with Crippen molar-refractivity contribution in [1.82, 2.24) is 0 Å². The minimum Gasteiger partial charge on any atom is -0.507 e. The maximum Gasteiger partial charge on any atom is 0.126 e. The van der Waals surface area contributed by atoms with Gasteiger partial charge in [-0.3, -0.25) is 0 Å². The fourth-order valence-electron chi connectivity index (χ4n) is 1.83. The van der Waals surface area contributed by atoms with E-state index >= 15 is 0 Å². The van der Waals surface area contributed by atoms with Crippen molar-refractivity contribution in [3.63, 3.8) is 0 Å². The molecule has 0 atom stereocenters. The van der Waals surface area contributed by atoms with E-state index in [0.29, 0.717) is 11.5 Å². The smallest absolute Gasteiger partial charge is 0.126 e. The van der Waals surface area contributed by atoms with E-state index in [1.807, 2.05) is 12.1 Å². The lowest BCUT2D eigenvalue weighted by molar-refractivity contribution is 0.407. The standard InChI is InChI=1S/C12H14O2/c1-14-10-6-7-11(12(13)8-10)9-4-2-3-5-9/h4,6-8,13H,2-3,5H2,1H3. The second-order valence-corrected chi connectivity index (χ2v) is 3.50. The van der Waals surface area contributed by atoms with Crippen molar-refractivity contribution >= 4 is 5.57 Å². The van der Waals surface area contributed by atoms with Gasteiger partial charge in [0.1, 0.15) is 11.5 Å². The van der Waals surface area contributed by atoms with E-state index in [1.54, 1.807) is 13.2 Å². The first-order chi connectivity index (χ1) is 6.81. The Hall–Kier alpha value is -1.44. The predicted octanol–water partition coefficient (Wildman–Crippen LogP) is 2.97. The lowest BCUT2D eigenvalue weighted by atomic mass is 10.0. The van der Waals surface area contributed by atoms with Crippen molar-refractivity contribution in [2.75, 3.05) is 7.11 Å². The van der Waals surface area contributed by atoms with Crippen molar-refractivity contribution < 1.29 is 9.84 Å². The molecule has 2 rings (SSSR count). The second-order valence-electron chi connectivity index (χ2n) is 3.50. The van der Waals surface area contributed by atoms with E-state index in [9.17, 15) is 5.11 Å². The Labute approximate surface area is 83.8 Å². The lowest BCUT2D eigenvalue weighted by Crippen LogP contribution is -1.86. The van der Waals surface area contributed by atoms with Crippen LogP contribution in [0.2, 0.25) is 0 Å². The van der Waals surface area contributed by atoms with Crippen LogP contribution in [0.3, 0.4) is 0 Å². The Kier molecular flexibility index (Phi) is 2.44. The molecule has 0 unspecified atom stereocenters. The van der Waals surface area contributed by atoms with Crippen LogP contribution in [-0.4, -0.2) is 12.2 Å². The van der Waals surface area contributed by atoms with Crippen LogP contribution < -0.4 is 4.74 Å². The summed E-state index contributed by atoms with van der Waals surface area (Å²) in [6.45, 7) is 0. The van der Waals surface area contributed by atoms with Crippen LogP contribution in [0.4, 0.5) is 0 Å². The molecule has 0 bridgehead atoms. The van der Waals surface area contributed by atoms with Crippen LogP contribution in [0.1, 0.15) is 24.8 Å². The molecular weight excluding hydrogens is 176 g/mol. The molecule has 0 aromatic heterocycles. The molecule has 0 saturated carbocycles. The molecule has 1 aromatic rings. The fraction of sp³-hybridized carbons (Fsp3) is 0.333. The van der Waals surface area contributed by atoms with Crippen LogP contribution >= 0.6 is 0 Å². The van der Waals surface area contributed by atoms with Crippen molar-refractivity contribution in [2.45, 2.75) is 19.3 Å². The van der Waals surface area contributed by atoms with Crippen molar-refractivity contribution in [3.8, 4) is 11.5 Å². The van der Waals surface area contributed by atoms with Gasteiger partial charge in [-0.05, 0) is 37.0 Å². The summed E-state index contributed by atoms with van der Waals surface area (Å²) in [5.41, 5.74) is 2.20. The van der Waals surface area contributed by atoms with E-state index in [1.165, 1.54) is 12.0 Å². The van der Waals surface area contributed by atoms with Crippen molar-refractivity contribution in [2.24, 2.45) is 0 Å². The minimum atomic E-state index is 0.317. The van der Waals surface area contributed by atoms with Crippen LogP contribution in [0.15, 0.2) is 24.3 Å². The number of rotatable bonds is 2. The number of hydrogen-bond acceptors (Lipinski definition) is 2. The van der Waals surface area contributed by atoms with Gasteiger partial charge in [-0.15, -0.1) is 0 Å². The zero-order chi connectivity index (χ0) is 9.97. The van der Waals surface area contributed by atoms with Gasteiger partial charge in [-0.2, -0.15) is 0 Å². The van der Waals surface area contributed by atoms with Crippen LogP contribution in [0.25, 0.3) is 5.57 Å². The topological polar surface area (TPSA) is 29.5 Å². The van der Waals surface area contributed by atoms with Crippen LogP contribution in [0, 0.1) is 0 Å². The fourth-order valence-corrected chi connectivity index (χ4v) is 1.83. The molecule has 1 aliphatic carbocycles. The molecule has 0 amide bonds. The molecule has 0 spiro atoms. The highest BCUT2D eigenvalue weighted by molar-refractivity contribution is 5.72. The average Bonchev–Trinajstić information content (AvgIpc) is 2.70. The molecular formula is C12H14O2. The first-order valence-electron chi connectivity index (χ1n) is 4.87. The largest absolute Gasteiger partial charge is 0.507 e. The molecule has 0 heterocycles.